The number of carbonyl (C=O) groups is 1. The zero-order valence-electron chi connectivity index (χ0n) is 11.0. The molecule has 0 spiro atoms. The van der Waals surface area contributed by atoms with Crippen LogP contribution in [-0.4, -0.2) is 12.9 Å². The van der Waals surface area contributed by atoms with E-state index in [-0.39, 0.29) is 23.6 Å². The number of ether oxygens (including phenoxy) is 1. The maximum Gasteiger partial charge on any atom is 0.145 e. The predicted molar refractivity (Wildman–Crippen MR) is 76.8 cm³/mol. The highest BCUT2D eigenvalue weighted by Gasteiger charge is 2.11. The fourth-order valence-electron chi connectivity index (χ4n) is 1.97. The van der Waals surface area contributed by atoms with Crippen LogP contribution in [-0.2, 0) is 17.6 Å². The van der Waals surface area contributed by atoms with Gasteiger partial charge in [0.1, 0.15) is 17.3 Å². The molecule has 0 aliphatic heterocycles. The molecular formula is C16H14ClFO2. The third-order valence-corrected chi connectivity index (χ3v) is 3.25. The van der Waals surface area contributed by atoms with Crippen molar-refractivity contribution >= 4 is 17.4 Å². The van der Waals surface area contributed by atoms with E-state index in [9.17, 15) is 9.18 Å². The zero-order chi connectivity index (χ0) is 14.5. The van der Waals surface area contributed by atoms with Gasteiger partial charge in [0.25, 0.3) is 0 Å². The summed E-state index contributed by atoms with van der Waals surface area (Å²) < 4.78 is 18.8. The summed E-state index contributed by atoms with van der Waals surface area (Å²) in [6.45, 7) is 0. The van der Waals surface area contributed by atoms with Crippen LogP contribution >= 0.6 is 11.6 Å². The molecule has 0 aliphatic carbocycles. The molecule has 0 radical (unpaired) electrons. The van der Waals surface area contributed by atoms with E-state index in [4.69, 9.17) is 16.3 Å². The SMILES string of the molecule is COc1cccc(CC(=O)Cc2cccc(Cl)c2F)c1. The zero-order valence-corrected chi connectivity index (χ0v) is 11.8. The average Bonchev–Trinajstić information content (AvgIpc) is 2.44. The number of halogens is 2. The Morgan fingerprint density at radius 1 is 1.20 bits per heavy atom. The molecular weight excluding hydrogens is 279 g/mol. The van der Waals surface area contributed by atoms with Crippen LogP contribution in [0.1, 0.15) is 11.1 Å². The van der Waals surface area contributed by atoms with E-state index in [1.165, 1.54) is 6.07 Å². The van der Waals surface area contributed by atoms with Crippen LogP contribution in [0, 0.1) is 5.82 Å². The molecule has 0 saturated heterocycles. The molecule has 2 aromatic rings. The summed E-state index contributed by atoms with van der Waals surface area (Å²) in [5.74, 6) is 0.108. The first-order valence-corrected chi connectivity index (χ1v) is 6.55. The van der Waals surface area contributed by atoms with Crippen molar-refractivity contribution in [3.05, 3.63) is 64.4 Å². The number of carbonyl (C=O) groups excluding carboxylic acids is 1. The Labute approximate surface area is 122 Å². The molecule has 0 saturated carbocycles. The van der Waals surface area contributed by atoms with Gasteiger partial charge in [0.2, 0.25) is 0 Å². The normalized spacial score (nSPS) is 10.3. The number of Topliss-reactive ketones (excluding diaryl/α,β-unsaturated/α-hetero) is 1. The van der Waals surface area contributed by atoms with Gasteiger partial charge >= 0.3 is 0 Å². The Hall–Kier alpha value is -1.87. The minimum Gasteiger partial charge on any atom is -0.497 e. The van der Waals surface area contributed by atoms with Gasteiger partial charge in [0, 0.05) is 12.8 Å². The van der Waals surface area contributed by atoms with Crippen molar-refractivity contribution in [2.45, 2.75) is 12.8 Å². The van der Waals surface area contributed by atoms with Gasteiger partial charge in [-0.15, -0.1) is 0 Å². The lowest BCUT2D eigenvalue weighted by atomic mass is 10.0. The first kappa shape index (κ1) is 14.5. The minimum atomic E-state index is -0.520. The van der Waals surface area contributed by atoms with E-state index in [1.54, 1.807) is 25.3 Å². The standard InChI is InChI=1S/C16H14ClFO2/c1-20-14-6-2-4-11(9-14)8-13(19)10-12-5-3-7-15(17)16(12)18/h2-7,9H,8,10H2,1H3. The maximum atomic E-state index is 13.7. The second kappa shape index (κ2) is 6.53. The highest BCUT2D eigenvalue weighted by molar-refractivity contribution is 6.30. The number of ketones is 1. The number of rotatable bonds is 5. The van der Waals surface area contributed by atoms with E-state index < -0.39 is 5.82 Å². The van der Waals surface area contributed by atoms with Crippen molar-refractivity contribution in [2.24, 2.45) is 0 Å². The number of hydrogen-bond acceptors (Lipinski definition) is 2. The second-order valence-corrected chi connectivity index (χ2v) is 4.86. The Morgan fingerprint density at radius 2 is 1.95 bits per heavy atom. The molecule has 104 valence electrons. The first-order valence-electron chi connectivity index (χ1n) is 6.17. The maximum absolute atomic E-state index is 13.7. The Kier molecular flexibility index (Phi) is 4.74. The number of hydrogen-bond donors (Lipinski definition) is 0. The van der Waals surface area contributed by atoms with Crippen LogP contribution in [0.4, 0.5) is 4.39 Å². The van der Waals surface area contributed by atoms with E-state index in [0.29, 0.717) is 11.3 Å². The van der Waals surface area contributed by atoms with Crippen LogP contribution in [0.15, 0.2) is 42.5 Å². The van der Waals surface area contributed by atoms with Gasteiger partial charge in [-0.25, -0.2) is 4.39 Å². The predicted octanol–water partition coefficient (Wildman–Crippen LogP) is 3.84. The lowest BCUT2D eigenvalue weighted by Crippen LogP contribution is -2.08. The smallest absolute Gasteiger partial charge is 0.145 e. The van der Waals surface area contributed by atoms with Crippen LogP contribution in [0.5, 0.6) is 5.75 Å². The molecule has 0 aliphatic rings. The van der Waals surface area contributed by atoms with Gasteiger partial charge in [0.15, 0.2) is 0 Å². The molecule has 2 nitrogen and oxygen atoms in total. The topological polar surface area (TPSA) is 26.3 Å². The first-order chi connectivity index (χ1) is 9.60. The third kappa shape index (κ3) is 3.58. The van der Waals surface area contributed by atoms with Gasteiger partial charge in [-0.2, -0.15) is 0 Å². The number of benzene rings is 2. The molecule has 2 aromatic carbocycles. The fraction of sp³-hybridized carbons (Fsp3) is 0.188. The van der Waals surface area contributed by atoms with Crippen molar-refractivity contribution in [3.8, 4) is 5.75 Å². The summed E-state index contributed by atoms with van der Waals surface area (Å²) in [6, 6.07) is 11.9. The van der Waals surface area contributed by atoms with Crippen LogP contribution < -0.4 is 4.74 Å². The lowest BCUT2D eigenvalue weighted by Gasteiger charge is -2.06. The summed E-state index contributed by atoms with van der Waals surface area (Å²) in [6.07, 6.45) is 0.271. The average molecular weight is 293 g/mol. The van der Waals surface area contributed by atoms with Gasteiger partial charge in [-0.1, -0.05) is 35.9 Å². The van der Waals surface area contributed by atoms with Gasteiger partial charge < -0.3 is 4.74 Å². The number of methoxy groups -OCH3 is 1. The van der Waals surface area contributed by atoms with E-state index in [1.807, 2.05) is 18.2 Å². The third-order valence-electron chi connectivity index (χ3n) is 2.95. The van der Waals surface area contributed by atoms with Gasteiger partial charge in [-0.05, 0) is 29.3 Å². The van der Waals surface area contributed by atoms with Crippen molar-refractivity contribution in [1.82, 2.24) is 0 Å². The summed E-state index contributed by atoms with van der Waals surface area (Å²) in [5.41, 5.74) is 1.17. The van der Waals surface area contributed by atoms with Crippen LogP contribution in [0.25, 0.3) is 0 Å². The molecule has 0 fully saturated rings. The van der Waals surface area contributed by atoms with Crippen molar-refractivity contribution in [3.63, 3.8) is 0 Å². The fourth-order valence-corrected chi connectivity index (χ4v) is 2.16. The molecule has 0 bridgehead atoms. The van der Waals surface area contributed by atoms with Crippen molar-refractivity contribution < 1.29 is 13.9 Å². The lowest BCUT2D eigenvalue weighted by molar-refractivity contribution is -0.117. The van der Waals surface area contributed by atoms with Crippen molar-refractivity contribution in [1.29, 1.82) is 0 Å². The van der Waals surface area contributed by atoms with Crippen molar-refractivity contribution in [2.75, 3.05) is 7.11 Å². The molecule has 0 unspecified atom stereocenters. The second-order valence-electron chi connectivity index (χ2n) is 4.46. The Bertz CT molecular complexity index is 626. The molecule has 0 atom stereocenters. The van der Waals surface area contributed by atoms with E-state index in [2.05, 4.69) is 0 Å². The van der Waals surface area contributed by atoms with Crippen LogP contribution in [0.3, 0.4) is 0 Å². The Morgan fingerprint density at radius 3 is 2.70 bits per heavy atom. The monoisotopic (exact) mass is 292 g/mol. The highest BCUT2D eigenvalue weighted by Crippen LogP contribution is 2.19. The molecule has 4 heteroatoms. The van der Waals surface area contributed by atoms with E-state index >= 15 is 0 Å². The molecule has 0 N–H and O–H groups in total. The molecule has 20 heavy (non-hydrogen) atoms. The molecule has 2 rings (SSSR count). The van der Waals surface area contributed by atoms with Gasteiger partial charge in [0.05, 0.1) is 12.1 Å². The summed E-state index contributed by atoms with van der Waals surface area (Å²) in [5, 5.41) is 0.0386. The Balaban J connectivity index is 2.07. The molecule has 0 heterocycles. The van der Waals surface area contributed by atoms with Crippen LogP contribution in [0.2, 0.25) is 5.02 Å². The molecule has 0 amide bonds. The van der Waals surface area contributed by atoms with E-state index in [0.717, 1.165) is 5.56 Å². The minimum absolute atomic E-state index is 0.0314. The van der Waals surface area contributed by atoms with Gasteiger partial charge in [-0.3, -0.25) is 4.79 Å². The summed E-state index contributed by atoms with van der Waals surface area (Å²) >= 11 is 5.69. The summed E-state index contributed by atoms with van der Waals surface area (Å²) in [4.78, 5) is 12.0. The highest BCUT2D eigenvalue weighted by atomic mass is 35.5. The largest absolute Gasteiger partial charge is 0.497 e. The summed E-state index contributed by atoms with van der Waals surface area (Å²) in [7, 11) is 1.57. The molecule has 0 aromatic heterocycles. The quantitative estimate of drug-likeness (QED) is 0.837.